The van der Waals surface area contributed by atoms with E-state index in [-0.39, 0.29) is 23.9 Å². The summed E-state index contributed by atoms with van der Waals surface area (Å²) in [6.45, 7) is -0.911. The number of anilines is 1. The average Bonchev–Trinajstić information content (AvgIpc) is 3.19. The summed E-state index contributed by atoms with van der Waals surface area (Å²) in [5.41, 5.74) is 4.35. The van der Waals surface area contributed by atoms with Gasteiger partial charge in [-0.05, 0) is 34.4 Å². The molecular weight excluding hydrogens is 452 g/mol. The van der Waals surface area contributed by atoms with Crippen molar-refractivity contribution >= 4 is 29.6 Å². The van der Waals surface area contributed by atoms with E-state index in [2.05, 4.69) is 20.9 Å². The molecule has 3 amide bonds. The van der Waals surface area contributed by atoms with E-state index in [0.29, 0.717) is 0 Å². The highest BCUT2D eigenvalue weighted by atomic mass is 16.5. The van der Waals surface area contributed by atoms with Crippen LogP contribution in [-0.2, 0) is 14.3 Å². The molecule has 0 aliphatic heterocycles. The number of amides is 3. The lowest BCUT2D eigenvalue weighted by molar-refractivity contribution is -0.137. The molecule has 1 aromatic heterocycles. The van der Waals surface area contributed by atoms with Crippen molar-refractivity contribution in [3.05, 3.63) is 83.7 Å². The lowest BCUT2D eigenvalue weighted by atomic mass is 9.98. The zero-order valence-electron chi connectivity index (χ0n) is 18.5. The van der Waals surface area contributed by atoms with Gasteiger partial charge in [-0.15, -0.1) is 0 Å². The molecule has 0 radical (unpaired) electrons. The Morgan fingerprint density at radius 2 is 1.51 bits per heavy atom. The first-order chi connectivity index (χ1) is 16.9. The Labute approximate surface area is 200 Å². The van der Waals surface area contributed by atoms with Gasteiger partial charge in [0, 0.05) is 12.1 Å². The number of carboxylic acids is 1. The minimum atomic E-state index is -1.20. The third kappa shape index (κ3) is 5.44. The van der Waals surface area contributed by atoms with Crippen molar-refractivity contribution in [3.63, 3.8) is 0 Å². The minimum absolute atomic E-state index is 0.103. The summed E-state index contributed by atoms with van der Waals surface area (Å²) in [5.74, 6) is -2.72. The van der Waals surface area contributed by atoms with E-state index < -0.39 is 37.0 Å². The third-order valence-electron chi connectivity index (χ3n) is 5.45. The van der Waals surface area contributed by atoms with E-state index in [9.17, 15) is 19.2 Å². The second kappa shape index (κ2) is 10.5. The monoisotopic (exact) mass is 474 g/mol. The van der Waals surface area contributed by atoms with Crippen molar-refractivity contribution in [2.45, 2.75) is 5.92 Å². The number of hydrogen-bond acceptors (Lipinski definition) is 6. The molecule has 4 N–H and O–H groups in total. The molecule has 0 saturated heterocycles. The summed E-state index contributed by atoms with van der Waals surface area (Å²) in [5, 5.41) is 15.6. The number of pyridine rings is 1. The molecule has 0 spiro atoms. The molecule has 0 unspecified atom stereocenters. The van der Waals surface area contributed by atoms with Gasteiger partial charge in [0.05, 0.1) is 12.2 Å². The maximum Gasteiger partial charge on any atom is 0.411 e. The summed E-state index contributed by atoms with van der Waals surface area (Å²) in [7, 11) is 0. The molecule has 0 fully saturated rings. The Morgan fingerprint density at radius 1 is 0.857 bits per heavy atom. The molecule has 2 aromatic carbocycles. The predicted octanol–water partition coefficient (Wildman–Crippen LogP) is 2.37. The number of nitrogens with one attached hydrogen (secondary N) is 3. The van der Waals surface area contributed by atoms with Crippen LogP contribution in [0.3, 0.4) is 0 Å². The van der Waals surface area contributed by atoms with Crippen LogP contribution in [0.2, 0.25) is 0 Å². The predicted molar refractivity (Wildman–Crippen MR) is 126 cm³/mol. The molecule has 178 valence electrons. The van der Waals surface area contributed by atoms with Gasteiger partial charge in [-0.1, -0.05) is 48.5 Å². The van der Waals surface area contributed by atoms with Crippen LogP contribution in [0.25, 0.3) is 11.1 Å². The van der Waals surface area contributed by atoms with Crippen molar-refractivity contribution in [1.82, 2.24) is 15.6 Å². The first-order valence-corrected chi connectivity index (χ1v) is 10.8. The molecule has 1 aliphatic carbocycles. The molecule has 0 saturated carbocycles. The molecular formula is C25H22N4O6. The fourth-order valence-corrected chi connectivity index (χ4v) is 3.91. The number of hydrogen-bond donors (Lipinski definition) is 4. The standard InChI is InChI=1S/C25H22N4O6/c30-21(27-13-22(31)32)12-28-24(33)23-20(10-5-11-26-23)29-25(34)35-14-19-17-8-3-1-6-15(17)16-7-2-4-9-18(16)19/h1-11,19H,12-14H2,(H,27,30)(H,28,33)(H,29,34)(H,31,32). The molecule has 10 nitrogen and oxygen atoms in total. The first-order valence-electron chi connectivity index (χ1n) is 10.8. The van der Waals surface area contributed by atoms with E-state index in [1.54, 1.807) is 0 Å². The topological polar surface area (TPSA) is 147 Å². The molecule has 1 aliphatic rings. The van der Waals surface area contributed by atoms with Crippen LogP contribution < -0.4 is 16.0 Å². The SMILES string of the molecule is O=C(O)CNC(=O)CNC(=O)c1ncccc1NC(=O)OCC1c2ccccc2-c2ccccc21. The van der Waals surface area contributed by atoms with Crippen LogP contribution >= 0.6 is 0 Å². The quantitative estimate of drug-likeness (QED) is 0.392. The number of carbonyl (C=O) groups is 4. The summed E-state index contributed by atoms with van der Waals surface area (Å²) < 4.78 is 5.50. The number of aliphatic carboxylic acids is 1. The van der Waals surface area contributed by atoms with Gasteiger partial charge in [0.1, 0.15) is 13.2 Å². The summed E-state index contributed by atoms with van der Waals surface area (Å²) >= 11 is 0. The van der Waals surface area contributed by atoms with Crippen molar-refractivity contribution in [1.29, 1.82) is 0 Å². The number of rotatable bonds is 8. The van der Waals surface area contributed by atoms with E-state index in [1.165, 1.54) is 18.3 Å². The van der Waals surface area contributed by atoms with Crippen molar-refractivity contribution in [3.8, 4) is 11.1 Å². The number of aromatic nitrogens is 1. The van der Waals surface area contributed by atoms with Crippen molar-refractivity contribution < 1.29 is 29.0 Å². The van der Waals surface area contributed by atoms with Crippen LogP contribution in [0.1, 0.15) is 27.5 Å². The normalized spacial score (nSPS) is 11.7. The number of fused-ring (bicyclic) bond motifs is 3. The number of carboxylic acid groups (broad SMARTS) is 1. The number of benzene rings is 2. The summed E-state index contributed by atoms with van der Waals surface area (Å²) in [6.07, 6.45) is 0.607. The Morgan fingerprint density at radius 3 is 2.17 bits per heavy atom. The fourth-order valence-electron chi connectivity index (χ4n) is 3.91. The lowest BCUT2D eigenvalue weighted by Gasteiger charge is -2.15. The molecule has 35 heavy (non-hydrogen) atoms. The molecule has 1 heterocycles. The highest BCUT2D eigenvalue weighted by molar-refractivity contribution is 6.02. The van der Waals surface area contributed by atoms with Crippen molar-refractivity contribution in [2.24, 2.45) is 0 Å². The zero-order chi connectivity index (χ0) is 24.8. The van der Waals surface area contributed by atoms with Crippen LogP contribution in [-0.4, -0.2) is 53.7 Å². The summed E-state index contributed by atoms with van der Waals surface area (Å²) in [4.78, 5) is 51.2. The number of ether oxygens (including phenoxy) is 1. The minimum Gasteiger partial charge on any atom is -0.480 e. The maximum atomic E-state index is 12.6. The largest absolute Gasteiger partial charge is 0.480 e. The Kier molecular flexibility index (Phi) is 7.01. The zero-order valence-corrected chi connectivity index (χ0v) is 18.5. The molecule has 0 atom stereocenters. The van der Waals surface area contributed by atoms with Gasteiger partial charge in [-0.2, -0.15) is 0 Å². The second-order valence-corrected chi connectivity index (χ2v) is 7.70. The van der Waals surface area contributed by atoms with Crippen molar-refractivity contribution in [2.75, 3.05) is 25.0 Å². The third-order valence-corrected chi connectivity index (χ3v) is 5.45. The van der Waals surface area contributed by atoms with Gasteiger partial charge >= 0.3 is 12.1 Å². The van der Waals surface area contributed by atoms with Gasteiger partial charge in [-0.3, -0.25) is 19.7 Å². The first kappa shape index (κ1) is 23.4. The van der Waals surface area contributed by atoms with Crippen LogP contribution in [0.4, 0.5) is 10.5 Å². The Hall–Kier alpha value is -4.73. The fraction of sp³-hybridized carbons (Fsp3) is 0.160. The molecule has 4 rings (SSSR count). The van der Waals surface area contributed by atoms with Crippen LogP contribution in [0.5, 0.6) is 0 Å². The molecule has 3 aromatic rings. The number of carbonyl (C=O) groups excluding carboxylic acids is 3. The lowest BCUT2D eigenvalue weighted by Crippen LogP contribution is -2.39. The van der Waals surface area contributed by atoms with E-state index >= 15 is 0 Å². The van der Waals surface area contributed by atoms with Crippen LogP contribution in [0, 0.1) is 0 Å². The summed E-state index contributed by atoms with van der Waals surface area (Å²) in [6, 6.07) is 18.9. The van der Waals surface area contributed by atoms with Crippen LogP contribution in [0.15, 0.2) is 66.9 Å². The number of nitrogens with zero attached hydrogens (tertiary/aromatic N) is 1. The molecule has 0 bridgehead atoms. The highest BCUT2D eigenvalue weighted by Gasteiger charge is 2.29. The van der Waals surface area contributed by atoms with Gasteiger partial charge in [0.2, 0.25) is 5.91 Å². The molecule has 10 heteroatoms. The van der Waals surface area contributed by atoms with Gasteiger partial charge in [0.15, 0.2) is 5.69 Å². The van der Waals surface area contributed by atoms with E-state index in [1.807, 2.05) is 48.5 Å². The van der Waals surface area contributed by atoms with Gasteiger partial charge in [0.25, 0.3) is 5.91 Å². The van der Waals surface area contributed by atoms with E-state index in [4.69, 9.17) is 9.84 Å². The van der Waals surface area contributed by atoms with Gasteiger partial charge in [-0.25, -0.2) is 9.78 Å². The second-order valence-electron chi connectivity index (χ2n) is 7.70. The highest BCUT2D eigenvalue weighted by Crippen LogP contribution is 2.44. The Bertz CT molecular complexity index is 1250. The van der Waals surface area contributed by atoms with E-state index in [0.717, 1.165) is 22.3 Å². The van der Waals surface area contributed by atoms with Gasteiger partial charge < -0.3 is 20.5 Å². The smallest absolute Gasteiger partial charge is 0.411 e. The Balaban J connectivity index is 1.38. The maximum absolute atomic E-state index is 12.6. The average molecular weight is 474 g/mol.